The largest absolute Gasteiger partial charge is 0.378 e. The molecule has 0 aromatic carbocycles. The number of nitrogens with zero attached hydrogens (tertiary/aromatic N) is 1. The Morgan fingerprint density at radius 3 is 1.70 bits per heavy atom. The lowest BCUT2D eigenvalue weighted by atomic mass is 10.3. The van der Waals surface area contributed by atoms with Crippen molar-refractivity contribution in [2.45, 2.75) is 6.42 Å². The summed E-state index contributed by atoms with van der Waals surface area (Å²) in [6, 6.07) is 0. The zero-order valence-electron chi connectivity index (χ0n) is 14.2. The zero-order valence-corrected chi connectivity index (χ0v) is 14.2. The number of ether oxygens (including phenoxy) is 4. The first-order chi connectivity index (χ1) is 11.4. The van der Waals surface area contributed by atoms with Crippen LogP contribution in [0.15, 0.2) is 37.0 Å². The van der Waals surface area contributed by atoms with Crippen LogP contribution in [0.5, 0.6) is 0 Å². The van der Waals surface area contributed by atoms with Gasteiger partial charge >= 0.3 is 0 Å². The predicted octanol–water partition coefficient (Wildman–Crippen LogP) is 2.06. The fourth-order valence-electron chi connectivity index (χ4n) is 1.99. The van der Waals surface area contributed by atoms with Gasteiger partial charge in [0.2, 0.25) is 0 Å². The molecule has 5 nitrogen and oxygen atoms in total. The van der Waals surface area contributed by atoms with Gasteiger partial charge in [-0.3, -0.25) is 4.90 Å². The molecule has 23 heavy (non-hydrogen) atoms. The first-order valence-corrected chi connectivity index (χ1v) is 8.39. The van der Waals surface area contributed by atoms with E-state index in [-0.39, 0.29) is 0 Å². The van der Waals surface area contributed by atoms with Crippen LogP contribution < -0.4 is 0 Å². The van der Waals surface area contributed by atoms with Crippen LogP contribution in [0.4, 0.5) is 0 Å². The van der Waals surface area contributed by atoms with E-state index in [2.05, 4.69) is 35.8 Å². The molecule has 0 atom stereocenters. The number of hydrogen-bond acceptors (Lipinski definition) is 5. The van der Waals surface area contributed by atoms with Gasteiger partial charge in [0.05, 0.1) is 52.9 Å². The Morgan fingerprint density at radius 2 is 1.17 bits per heavy atom. The normalized spacial score (nSPS) is 21.2. The number of allylic oxidation sites excluding steroid dienone is 4. The summed E-state index contributed by atoms with van der Waals surface area (Å²) in [7, 11) is 0. The van der Waals surface area contributed by atoms with Crippen LogP contribution in [0.2, 0.25) is 0 Å². The molecule has 5 heteroatoms. The second-order valence-electron chi connectivity index (χ2n) is 5.13. The van der Waals surface area contributed by atoms with E-state index in [9.17, 15) is 0 Å². The van der Waals surface area contributed by atoms with Crippen molar-refractivity contribution in [2.75, 3.05) is 72.5 Å². The molecule has 1 fully saturated rings. The number of rotatable bonds is 5. The van der Waals surface area contributed by atoms with Crippen molar-refractivity contribution in [3.63, 3.8) is 0 Å². The second kappa shape index (κ2) is 15.9. The molecule has 132 valence electrons. The third kappa shape index (κ3) is 13.2. The fraction of sp³-hybridized carbons (Fsp3) is 0.667. The molecule has 0 amide bonds. The Bertz CT molecular complexity index is 315. The van der Waals surface area contributed by atoms with Crippen molar-refractivity contribution in [3.05, 3.63) is 37.0 Å². The fourth-order valence-corrected chi connectivity index (χ4v) is 1.99. The molecule has 0 N–H and O–H groups in total. The number of hydrogen-bond donors (Lipinski definition) is 0. The molecular weight excluding hydrogens is 294 g/mol. The molecule has 0 radical (unpaired) electrons. The van der Waals surface area contributed by atoms with E-state index in [0.717, 1.165) is 26.1 Å². The minimum atomic E-state index is 0.611. The quantitative estimate of drug-likeness (QED) is 0.571. The minimum absolute atomic E-state index is 0.611. The van der Waals surface area contributed by atoms with Crippen molar-refractivity contribution in [1.29, 1.82) is 0 Å². The van der Waals surface area contributed by atoms with Crippen LogP contribution in [-0.4, -0.2) is 77.4 Å². The van der Waals surface area contributed by atoms with Crippen LogP contribution in [-0.2, 0) is 18.9 Å². The van der Waals surface area contributed by atoms with Gasteiger partial charge in [-0.15, -0.1) is 6.58 Å². The van der Waals surface area contributed by atoms with E-state index >= 15 is 0 Å². The zero-order chi connectivity index (χ0) is 16.4. The van der Waals surface area contributed by atoms with Crippen LogP contribution >= 0.6 is 0 Å². The van der Waals surface area contributed by atoms with Crippen LogP contribution in [0.3, 0.4) is 0 Å². The summed E-state index contributed by atoms with van der Waals surface area (Å²) in [5, 5.41) is 0. The van der Waals surface area contributed by atoms with Crippen molar-refractivity contribution in [1.82, 2.24) is 4.90 Å². The van der Waals surface area contributed by atoms with E-state index in [1.54, 1.807) is 0 Å². The molecule has 1 aliphatic rings. The van der Waals surface area contributed by atoms with E-state index in [0.29, 0.717) is 52.9 Å². The molecule has 1 aliphatic heterocycles. The van der Waals surface area contributed by atoms with Gasteiger partial charge in [0.25, 0.3) is 0 Å². The average molecular weight is 325 g/mol. The summed E-state index contributed by atoms with van der Waals surface area (Å²) in [6.45, 7) is 11.5. The average Bonchev–Trinajstić information content (AvgIpc) is 2.57. The molecule has 0 unspecified atom stereocenters. The molecule has 0 bridgehead atoms. The Kier molecular flexibility index (Phi) is 13.9. The third-order valence-corrected chi connectivity index (χ3v) is 3.27. The summed E-state index contributed by atoms with van der Waals surface area (Å²) >= 11 is 0. The molecule has 0 aromatic rings. The standard InChI is InChI=1S/C18H31NO4/c1-2-3-4-5-6-7-8-19-9-11-20-13-15-22-17-18-23-16-14-21-12-10-19/h2,4-7H,1,3,8-18H2. The van der Waals surface area contributed by atoms with Crippen LogP contribution in [0.1, 0.15) is 6.42 Å². The highest BCUT2D eigenvalue weighted by Gasteiger charge is 2.03. The summed E-state index contributed by atoms with van der Waals surface area (Å²) in [5.41, 5.74) is 0. The molecule has 0 aromatic heterocycles. The highest BCUT2D eigenvalue weighted by molar-refractivity contribution is 5.04. The summed E-state index contributed by atoms with van der Waals surface area (Å²) in [6.07, 6.45) is 11.1. The maximum atomic E-state index is 5.60. The van der Waals surface area contributed by atoms with Gasteiger partial charge in [0, 0.05) is 19.6 Å². The lowest BCUT2D eigenvalue weighted by Crippen LogP contribution is -2.31. The molecular formula is C18H31NO4. The lowest BCUT2D eigenvalue weighted by Gasteiger charge is -2.20. The maximum Gasteiger partial charge on any atom is 0.0701 e. The minimum Gasteiger partial charge on any atom is -0.378 e. The van der Waals surface area contributed by atoms with Gasteiger partial charge in [-0.25, -0.2) is 0 Å². The maximum absolute atomic E-state index is 5.60. The van der Waals surface area contributed by atoms with Crippen molar-refractivity contribution < 1.29 is 18.9 Å². The summed E-state index contributed by atoms with van der Waals surface area (Å²) < 4.78 is 22.0. The molecule has 1 heterocycles. The van der Waals surface area contributed by atoms with Gasteiger partial charge < -0.3 is 18.9 Å². The van der Waals surface area contributed by atoms with Crippen molar-refractivity contribution in [3.8, 4) is 0 Å². The van der Waals surface area contributed by atoms with E-state index in [1.807, 2.05) is 6.08 Å². The highest BCUT2D eigenvalue weighted by atomic mass is 16.6. The van der Waals surface area contributed by atoms with Crippen molar-refractivity contribution in [2.24, 2.45) is 0 Å². The Hall–Kier alpha value is -0.980. The molecule has 0 aliphatic carbocycles. The van der Waals surface area contributed by atoms with E-state index in [1.165, 1.54) is 0 Å². The monoisotopic (exact) mass is 325 g/mol. The van der Waals surface area contributed by atoms with Gasteiger partial charge in [0.15, 0.2) is 0 Å². The lowest BCUT2D eigenvalue weighted by molar-refractivity contribution is 0.00206. The van der Waals surface area contributed by atoms with Crippen molar-refractivity contribution >= 4 is 0 Å². The topological polar surface area (TPSA) is 40.2 Å². The first kappa shape index (κ1) is 20.1. The Balaban J connectivity index is 2.29. The Morgan fingerprint density at radius 1 is 0.696 bits per heavy atom. The molecule has 1 rings (SSSR count). The Labute approximate surface area is 140 Å². The van der Waals surface area contributed by atoms with Gasteiger partial charge in [-0.05, 0) is 6.42 Å². The first-order valence-electron chi connectivity index (χ1n) is 8.39. The van der Waals surface area contributed by atoms with Crippen LogP contribution in [0, 0.1) is 0 Å². The van der Waals surface area contributed by atoms with Gasteiger partial charge in [-0.2, -0.15) is 0 Å². The smallest absolute Gasteiger partial charge is 0.0701 e. The highest BCUT2D eigenvalue weighted by Crippen LogP contribution is 1.94. The third-order valence-electron chi connectivity index (χ3n) is 3.27. The second-order valence-corrected chi connectivity index (χ2v) is 5.13. The molecule has 1 saturated heterocycles. The van der Waals surface area contributed by atoms with Gasteiger partial charge in [-0.1, -0.05) is 30.4 Å². The molecule has 0 saturated carbocycles. The predicted molar refractivity (Wildman–Crippen MR) is 92.8 cm³/mol. The molecule has 0 spiro atoms. The SMILES string of the molecule is C=CCC=CC=CCN1CCOCCOCCOCCOCC1. The summed E-state index contributed by atoms with van der Waals surface area (Å²) in [4.78, 5) is 2.32. The van der Waals surface area contributed by atoms with Gasteiger partial charge in [0.1, 0.15) is 0 Å². The van der Waals surface area contributed by atoms with E-state index in [4.69, 9.17) is 18.9 Å². The van der Waals surface area contributed by atoms with E-state index < -0.39 is 0 Å². The summed E-state index contributed by atoms with van der Waals surface area (Å²) in [5.74, 6) is 0. The van der Waals surface area contributed by atoms with Crippen LogP contribution in [0.25, 0.3) is 0 Å².